The fourth-order valence-corrected chi connectivity index (χ4v) is 3.38. The molecule has 1 aromatic heterocycles. The number of hydrogen-bond donors (Lipinski definition) is 3. The molecule has 2 aromatic rings. The second-order valence-electron chi connectivity index (χ2n) is 4.52. The minimum absolute atomic E-state index is 0.177. The average molecular weight is 369 g/mol. The number of thiophene rings is 1. The monoisotopic (exact) mass is 368 g/mol. The second kappa shape index (κ2) is 7.55. The standard InChI is InChI=1S/C16H14Cl2N2O2S/c1-3-5-10-8-11(16(21)22)15(23-10)20-9(2)19-14-12(17)6-4-7-13(14)18/h3-8,19-20H,2H2,1H3,(H,21,22)/b5-3+. The van der Waals surface area contributed by atoms with E-state index in [4.69, 9.17) is 23.2 Å². The normalized spacial score (nSPS) is 10.7. The molecule has 0 spiro atoms. The summed E-state index contributed by atoms with van der Waals surface area (Å²) in [5.74, 6) is -0.639. The number of anilines is 2. The summed E-state index contributed by atoms with van der Waals surface area (Å²) in [5.41, 5.74) is 0.687. The van der Waals surface area contributed by atoms with Crippen molar-refractivity contribution in [3.63, 3.8) is 0 Å². The van der Waals surface area contributed by atoms with Gasteiger partial charge in [-0.25, -0.2) is 4.79 Å². The van der Waals surface area contributed by atoms with Gasteiger partial charge in [0.2, 0.25) is 0 Å². The lowest BCUT2D eigenvalue weighted by Gasteiger charge is -2.14. The zero-order valence-corrected chi connectivity index (χ0v) is 14.5. The number of benzene rings is 1. The Morgan fingerprint density at radius 3 is 2.52 bits per heavy atom. The Labute approximate surface area is 148 Å². The number of halogens is 2. The van der Waals surface area contributed by atoms with E-state index in [1.807, 2.05) is 19.1 Å². The molecule has 0 aliphatic rings. The fraction of sp³-hybridized carbons (Fsp3) is 0.0625. The van der Waals surface area contributed by atoms with Crippen molar-refractivity contribution in [2.24, 2.45) is 0 Å². The number of hydrogen-bond acceptors (Lipinski definition) is 4. The molecule has 0 fully saturated rings. The molecule has 2 rings (SSSR count). The first-order chi connectivity index (χ1) is 10.9. The van der Waals surface area contributed by atoms with E-state index in [9.17, 15) is 9.90 Å². The number of aromatic carboxylic acids is 1. The summed E-state index contributed by atoms with van der Waals surface area (Å²) in [6.45, 7) is 5.71. The fourth-order valence-electron chi connectivity index (χ4n) is 1.84. The Balaban J connectivity index is 2.22. The Kier molecular flexibility index (Phi) is 5.71. The van der Waals surface area contributed by atoms with Gasteiger partial charge in [-0.2, -0.15) is 0 Å². The van der Waals surface area contributed by atoms with Gasteiger partial charge in [-0.05, 0) is 31.2 Å². The molecule has 7 heteroatoms. The smallest absolute Gasteiger partial charge is 0.338 e. The van der Waals surface area contributed by atoms with Crippen LogP contribution in [0.4, 0.5) is 10.7 Å². The zero-order valence-electron chi connectivity index (χ0n) is 12.2. The molecule has 0 radical (unpaired) electrons. The zero-order chi connectivity index (χ0) is 17.0. The number of carboxylic acids is 1. The van der Waals surface area contributed by atoms with Crippen molar-refractivity contribution >= 4 is 57.3 Å². The summed E-state index contributed by atoms with van der Waals surface area (Å²) in [4.78, 5) is 12.2. The van der Waals surface area contributed by atoms with Crippen molar-refractivity contribution in [2.75, 3.05) is 10.6 Å². The van der Waals surface area contributed by atoms with Gasteiger partial charge in [0.25, 0.3) is 0 Å². The minimum Gasteiger partial charge on any atom is -0.478 e. The third-order valence-electron chi connectivity index (χ3n) is 2.82. The Morgan fingerprint density at radius 1 is 1.30 bits per heavy atom. The van der Waals surface area contributed by atoms with Gasteiger partial charge in [0.05, 0.1) is 21.3 Å². The highest BCUT2D eigenvalue weighted by atomic mass is 35.5. The number of allylic oxidation sites excluding steroid dienone is 1. The molecule has 1 aromatic carbocycles. The lowest BCUT2D eigenvalue weighted by molar-refractivity contribution is 0.0698. The largest absolute Gasteiger partial charge is 0.478 e. The molecule has 120 valence electrons. The molecule has 0 aliphatic heterocycles. The first-order valence-corrected chi connectivity index (χ1v) is 8.16. The van der Waals surface area contributed by atoms with Crippen LogP contribution in [0.5, 0.6) is 0 Å². The van der Waals surface area contributed by atoms with Crippen LogP contribution in [0.15, 0.2) is 42.7 Å². The third-order valence-corrected chi connectivity index (χ3v) is 4.46. The number of para-hydroxylation sites is 1. The SMILES string of the molecule is C=C(Nc1sc(/C=C/C)cc1C(=O)O)Nc1c(Cl)cccc1Cl. The van der Waals surface area contributed by atoms with Crippen molar-refractivity contribution in [2.45, 2.75) is 6.92 Å². The van der Waals surface area contributed by atoms with E-state index in [2.05, 4.69) is 17.2 Å². The Morgan fingerprint density at radius 2 is 1.96 bits per heavy atom. The second-order valence-corrected chi connectivity index (χ2v) is 6.42. The molecule has 4 nitrogen and oxygen atoms in total. The highest BCUT2D eigenvalue weighted by Crippen LogP contribution is 2.33. The topological polar surface area (TPSA) is 61.4 Å². The van der Waals surface area contributed by atoms with E-state index in [1.165, 1.54) is 11.3 Å². The summed E-state index contributed by atoms with van der Waals surface area (Å²) in [7, 11) is 0. The predicted octanol–water partition coefficient (Wildman–Crippen LogP) is 5.78. The predicted molar refractivity (Wildman–Crippen MR) is 98.8 cm³/mol. The van der Waals surface area contributed by atoms with E-state index in [0.29, 0.717) is 26.6 Å². The van der Waals surface area contributed by atoms with Crippen molar-refractivity contribution in [3.05, 3.63) is 63.2 Å². The van der Waals surface area contributed by atoms with Crippen LogP contribution in [0, 0.1) is 0 Å². The van der Waals surface area contributed by atoms with Crippen molar-refractivity contribution in [1.82, 2.24) is 0 Å². The van der Waals surface area contributed by atoms with Gasteiger partial charge in [-0.15, -0.1) is 11.3 Å². The van der Waals surface area contributed by atoms with Gasteiger partial charge in [-0.3, -0.25) is 0 Å². The van der Waals surface area contributed by atoms with Gasteiger partial charge in [0, 0.05) is 4.88 Å². The van der Waals surface area contributed by atoms with Crippen LogP contribution in [0.1, 0.15) is 22.2 Å². The highest BCUT2D eigenvalue weighted by Gasteiger charge is 2.15. The molecule has 1 heterocycles. The van der Waals surface area contributed by atoms with E-state index in [-0.39, 0.29) is 5.56 Å². The minimum atomic E-state index is -1.01. The summed E-state index contributed by atoms with van der Waals surface area (Å²) < 4.78 is 0. The molecule has 23 heavy (non-hydrogen) atoms. The van der Waals surface area contributed by atoms with E-state index in [0.717, 1.165) is 4.88 Å². The van der Waals surface area contributed by atoms with Crippen LogP contribution in [-0.4, -0.2) is 11.1 Å². The Bertz CT molecular complexity index is 764. The average Bonchev–Trinajstić information content (AvgIpc) is 2.86. The lowest BCUT2D eigenvalue weighted by Crippen LogP contribution is -2.10. The molecule has 0 saturated carbocycles. The summed E-state index contributed by atoms with van der Waals surface area (Å²) >= 11 is 13.5. The van der Waals surface area contributed by atoms with Crippen LogP contribution in [0.2, 0.25) is 10.0 Å². The van der Waals surface area contributed by atoms with Crippen molar-refractivity contribution < 1.29 is 9.90 Å². The quantitative estimate of drug-likeness (QED) is 0.604. The molecule has 0 atom stereocenters. The van der Waals surface area contributed by atoms with Crippen LogP contribution in [0.3, 0.4) is 0 Å². The maximum Gasteiger partial charge on any atom is 0.338 e. The molecule has 3 N–H and O–H groups in total. The molecule has 0 aliphatic carbocycles. The van der Waals surface area contributed by atoms with Crippen LogP contribution >= 0.6 is 34.5 Å². The number of carboxylic acid groups (broad SMARTS) is 1. The first kappa shape index (κ1) is 17.4. The number of rotatable bonds is 6. The molecule has 0 bridgehead atoms. The van der Waals surface area contributed by atoms with Gasteiger partial charge >= 0.3 is 5.97 Å². The number of carbonyl (C=O) groups is 1. The third kappa shape index (κ3) is 4.28. The molecular weight excluding hydrogens is 355 g/mol. The first-order valence-electron chi connectivity index (χ1n) is 6.59. The van der Waals surface area contributed by atoms with Gasteiger partial charge in [0.1, 0.15) is 10.8 Å². The van der Waals surface area contributed by atoms with Gasteiger partial charge in [0.15, 0.2) is 0 Å². The number of nitrogens with one attached hydrogen (secondary N) is 2. The molecule has 0 unspecified atom stereocenters. The Hall–Kier alpha value is -1.95. The highest BCUT2D eigenvalue weighted by molar-refractivity contribution is 7.17. The van der Waals surface area contributed by atoms with E-state index in [1.54, 1.807) is 24.3 Å². The van der Waals surface area contributed by atoms with Gasteiger partial charge in [-0.1, -0.05) is 41.9 Å². The van der Waals surface area contributed by atoms with Gasteiger partial charge < -0.3 is 15.7 Å². The maximum absolute atomic E-state index is 11.3. The van der Waals surface area contributed by atoms with Crippen LogP contribution in [-0.2, 0) is 0 Å². The van der Waals surface area contributed by atoms with Crippen molar-refractivity contribution in [1.29, 1.82) is 0 Å². The van der Waals surface area contributed by atoms with E-state index >= 15 is 0 Å². The molecular formula is C16H14Cl2N2O2S. The summed E-state index contributed by atoms with van der Waals surface area (Å²) in [6.07, 6.45) is 3.68. The van der Waals surface area contributed by atoms with E-state index < -0.39 is 5.97 Å². The summed E-state index contributed by atoms with van der Waals surface area (Å²) in [6, 6.07) is 6.73. The van der Waals surface area contributed by atoms with Crippen LogP contribution < -0.4 is 10.6 Å². The maximum atomic E-state index is 11.3. The summed E-state index contributed by atoms with van der Waals surface area (Å²) in [5, 5.41) is 16.6. The molecule has 0 saturated heterocycles. The van der Waals surface area contributed by atoms with Crippen LogP contribution in [0.25, 0.3) is 6.08 Å². The van der Waals surface area contributed by atoms with Crippen molar-refractivity contribution in [3.8, 4) is 0 Å². The lowest BCUT2D eigenvalue weighted by atomic mass is 10.3. The molecule has 0 amide bonds.